The zero-order chi connectivity index (χ0) is 18.4. The Kier molecular flexibility index (Phi) is 6.36. The lowest BCUT2D eigenvalue weighted by molar-refractivity contribution is 0.00578. The van der Waals surface area contributed by atoms with E-state index in [1.807, 2.05) is 40.8 Å². The van der Waals surface area contributed by atoms with Crippen LogP contribution in [0.3, 0.4) is 0 Å². The number of nitrogens with one attached hydrogen (secondary N) is 1. The van der Waals surface area contributed by atoms with E-state index in [1.165, 1.54) is 0 Å². The molecule has 5 nitrogen and oxygen atoms in total. The molecule has 1 N–H and O–H groups in total. The van der Waals surface area contributed by atoms with Gasteiger partial charge < -0.3 is 19.5 Å². The fraction of sp³-hybridized carbons (Fsp3) is 0.611. The lowest BCUT2D eigenvalue weighted by atomic mass is 9.78. The Balaban J connectivity index is 0.00000243. The first-order chi connectivity index (χ1) is 11.6. The highest BCUT2D eigenvalue weighted by Crippen LogP contribution is 2.37. The van der Waals surface area contributed by atoms with Crippen molar-refractivity contribution in [2.75, 3.05) is 20.1 Å². The quantitative estimate of drug-likeness (QED) is 0.792. The molecule has 0 aromatic heterocycles. The SMILES string of the molecule is CN(C(=O)c1ccc(B2OC(C)(C)C(C)(C)O2)c(Cl)c1)C1CCNC1.Cl. The minimum Gasteiger partial charge on any atom is -0.399 e. The molecule has 1 aromatic carbocycles. The van der Waals surface area contributed by atoms with Crippen molar-refractivity contribution < 1.29 is 14.1 Å². The second-order valence-electron chi connectivity index (χ2n) is 7.89. The van der Waals surface area contributed by atoms with Gasteiger partial charge in [-0.25, -0.2) is 0 Å². The van der Waals surface area contributed by atoms with Crippen LogP contribution in [0.4, 0.5) is 0 Å². The van der Waals surface area contributed by atoms with Crippen LogP contribution < -0.4 is 10.8 Å². The van der Waals surface area contributed by atoms with Crippen molar-refractivity contribution in [3.63, 3.8) is 0 Å². The molecule has 0 saturated carbocycles. The summed E-state index contributed by atoms with van der Waals surface area (Å²) < 4.78 is 12.1. The van der Waals surface area contributed by atoms with Gasteiger partial charge in [0, 0.05) is 35.7 Å². The molecule has 2 aliphatic rings. The number of nitrogens with zero attached hydrogens (tertiary/aromatic N) is 1. The van der Waals surface area contributed by atoms with E-state index >= 15 is 0 Å². The molecule has 1 unspecified atom stereocenters. The second kappa shape index (κ2) is 7.68. The number of amides is 1. The van der Waals surface area contributed by atoms with E-state index in [0.29, 0.717) is 10.6 Å². The summed E-state index contributed by atoms with van der Waals surface area (Å²) >= 11 is 6.46. The summed E-state index contributed by atoms with van der Waals surface area (Å²) in [5.41, 5.74) is 0.484. The molecule has 2 fully saturated rings. The van der Waals surface area contributed by atoms with E-state index in [0.717, 1.165) is 25.0 Å². The first-order valence-corrected chi connectivity index (χ1v) is 9.13. The van der Waals surface area contributed by atoms with Crippen molar-refractivity contribution in [3.05, 3.63) is 28.8 Å². The number of carbonyl (C=O) groups excluding carboxylic acids is 1. The van der Waals surface area contributed by atoms with Crippen LogP contribution in [0.1, 0.15) is 44.5 Å². The van der Waals surface area contributed by atoms with E-state index in [-0.39, 0.29) is 24.4 Å². The van der Waals surface area contributed by atoms with Gasteiger partial charge in [0.25, 0.3) is 5.91 Å². The summed E-state index contributed by atoms with van der Waals surface area (Å²) in [5, 5.41) is 3.77. The fourth-order valence-corrected chi connectivity index (χ4v) is 3.43. The lowest BCUT2D eigenvalue weighted by Crippen LogP contribution is -2.41. The van der Waals surface area contributed by atoms with Crippen LogP contribution in [0.15, 0.2) is 18.2 Å². The summed E-state index contributed by atoms with van der Waals surface area (Å²) in [7, 11) is 1.31. The topological polar surface area (TPSA) is 50.8 Å². The minimum absolute atomic E-state index is 0. The van der Waals surface area contributed by atoms with Crippen LogP contribution in [0.5, 0.6) is 0 Å². The van der Waals surface area contributed by atoms with Gasteiger partial charge >= 0.3 is 7.12 Å². The number of rotatable bonds is 3. The third kappa shape index (κ3) is 3.90. The smallest absolute Gasteiger partial charge is 0.399 e. The molecule has 3 rings (SSSR count). The summed E-state index contributed by atoms with van der Waals surface area (Å²) in [6.45, 7) is 9.80. The Labute approximate surface area is 167 Å². The molecule has 144 valence electrons. The van der Waals surface area contributed by atoms with E-state index in [9.17, 15) is 4.79 Å². The van der Waals surface area contributed by atoms with Crippen molar-refractivity contribution in [1.82, 2.24) is 10.2 Å². The predicted molar refractivity (Wildman–Crippen MR) is 108 cm³/mol. The molecule has 1 atom stereocenters. The van der Waals surface area contributed by atoms with Crippen molar-refractivity contribution in [2.24, 2.45) is 0 Å². The molecule has 1 aromatic rings. The predicted octanol–water partition coefficient (Wildman–Crippen LogP) is 2.49. The Bertz CT molecular complexity index is 662. The molecule has 2 aliphatic heterocycles. The Morgan fingerprint density at radius 3 is 2.38 bits per heavy atom. The van der Waals surface area contributed by atoms with E-state index in [4.69, 9.17) is 20.9 Å². The normalized spacial score (nSPS) is 23.6. The average molecular weight is 401 g/mol. The zero-order valence-electron chi connectivity index (χ0n) is 16.0. The maximum Gasteiger partial charge on any atom is 0.496 e. The van der Waals surface area contributed by atoms with Crippen LogP contribution in [-0.4, -0.2) is 55.3 Å². The highest BCUT2D eigenvalue weighted by Gasteiger charge is 2.52. The Hall–Kier alpha value is -0.785. The van der Waals surface area contributed by atoms with Gasteiger partial charge in [-0.1, -0.05) is 17.7 Å². The van der Waals surface area contributed by atoms with Gasteiger partial charge in [-0.2, -0.15) is 0 Å². The van der Waals surface area contributed by atoms with Crippen LogP contribution >= 0.6 is 24.0 Å². The van der Waals surface area contributed by atoms with Gasteiger partial charge in [-0.3, -0.25) is 4.79 Å². The maximum absolute atomic E-state index is 12.7. The molecule has 26 heavy (non-hydrogen) atoms. The van der Waals surface area contributed by atoms with E-state index in [2.05, 4.69) is 5.32 Å². The summed E-state index contributed by atoms with van der Waals surface area (Å²) in [6, 6.07) is 5.57. The molecule has 0 spiro atoms. The molecule has 2 saturated heterocycles. The molecule has 1 amide bonds. The van der Waals surface area contributed by atoms with Crippen LogP contribution in [-0.2, 0) is 9.31 Å². The number of halogens is 2. The Morgan fingerprint density at radius 2 is 1.88 bits per heavy atom. The third-order valence-corrected chi connectivity index (χ3v) is 5.98. The van der Waals surface area contributed by atoms with Gasteiger partial charge in [0.2, 0.25) is 0 Å². The van der Waals surface area contributed by atoms with E-state index < -0.39 is 18.3 Å². The van der Waals surface area contributed by atoms with E-state index in [1.54, 1.807) is 17.0 Å². The standard InChI is InChI=1S/C18H26BClN2O3.ClH/c1-17(2)18(3,4)25-19(24-17)14-7-6-12(10-15(14)20)16(23)22(5)13-8-9-21-11-13;/h6-7,10,13,21H,8-9,11H2,1-5H3;1H. The van der Waals surface area contributed by atoms with Crippen molar-refractivity contribution >= 4 is 42.5 Å². The number of hydrogen-bond donors (Lipinski definition) is 1. The maximum atomic E-state index is 12.7. The van der Waals surface area contributed by atoms with Crippen molar-refractivity contribution in [1.29, 1.82) is 0 Å². The highest BCUT2D eigenvalue weighted by molar-refractivity contribution is 6.65. The molecule has 8 heteroatoms. The van der Waals surface area contributed by atoms with Crippen LogP contribution in [0.2, 0.25) is 5.02 Å². The van der Waals surface area contributed by atoms with Crippen molar-refractivity contribution in [2.45, 2.75) is 51.4 Å². The largest absolute Gasteiger partial charge is 0.496 e. The van der Waals surface area contributed by atoms with Crippen molar-refractivity contribution in [3.8, 4) is 0 Å². The fourth-order valence-electron chi connectivity index (χ4n) is 3.16. The van der Waals surface area contributed by atoms with Gasteiger partial charge in [0.1, 0.15) is 0 Å². The summed E-state index contributed by atoms with van der Waals surface area (Å²) in [4.78, 5) is 14.5. The first kappa shape index (κ1) is 21.5. The monoisotopic (exact) mass is 400 g/mol. The highest BCUT2D eigenvalue weighted by atomic mass is 35.5. The van der Waals surface area contributed by atoms with Crippen LogP contribution in [0, 0.1) is 0 Å². The molecular formula is C18H27BCl2N2O3. The number of carbonyl (C=O) groups is 1. The third-order valence-electron chi connectivity index (χ3n) is 5.66. The molecule has 0 radical (unpaired) electrons. The van der Waals surface area contributed by atoms with Gasteiger partial charge in [-0.05, 0) is 52.8 Å². The summed E-state index contributed by atoms with van der Waals surface area (Å²) in [6.07, 6.45) is 0.974. The van der Waals surface area contributed by atoms with Gasteiger partial charge in [0.15, 0.2) is 0 Å². The first-order valence-electron chi connectivity index (χ1n) is 8.75. The molecular weight excluding hydrogens is 374 g/mol. The molecule has 0 bridgehead atoms. The minimum atomic E-state index is -0.529. The zero-order valence-corrected chi connectivity index (χ0v) is 17.5. The summed E-state index contributed by atoms with van der Waals surface area (Å²) in [5.74, 6) is -0.0175. The second-order valence-corrected chi connectivity index (χ2v) is 8.29. The molecule has 2 heterocycles. The van der Waals surface area contributed by atoms with Gasteiger partial charge in [-0.15, -0.1) is 12.4 Å². The average Bonchev–Trinajstić information content (AvgIpc) is 3.12. The number of benzene rings is 1. The number of hydrogen-bond acceptors (Lipinski definition) is 4. The van der Waals surface area contributed by atoms with Crippen LogP contribution in [0.25, 0.3) is 0 Å². The molecule has 0 aliphatic carbocycles. The Morgan fingerprint density at radius 1 is 1.27 bits per heavy atom. The lowest BCUT2D eigenvalue weighted by Gasteiger charge is -2.32. The number of likely N-dealkylation sites (N-methyl/N-ethyl adjacent to an activating group) is 1. The van der Waals surface area contributed by atoms with Gasteiger partial charge in [0.05, 0.1) is 11.2 Å².